The highest BCUT2D eigenvalue weighted by Gasteiger charge is 2.58. The van der Waals surface area contributed by atoms with Gasteiger partial charge in [-0.05, 0) is 48.6 Å². The van der Waals surface area contributed by atoms with Gasteiger partial charge in [0.05, 0.1) is 11.8 Å². The van der Waals surface area contributed by atoms with E-state index in [0.29, 0.717) is 25.1 Å². The van der Waals surface area contributed by atoms with Crippen molar-refractivity contribution < 1.29 is 9.59 Å². The molecule has 2 amide bonds. The van der Waals surface area contributed by atoms with E-state index < -0.39 is 0 Å². The quantitative estimate of drug-likeness (QED) is 0.181. The summed E-state index contributed by atoms with van der Waals surface area (Å²) in [5.74, 6) is 1.04. The van der Waals surface area contributed by atoms with Gasteiger partial charge in [-0.1, -0.05) is 12.2 Å². The number of hydrogen-bond acceptors (Lipinski definition) is 5. The molecule has 5 unspecified atom stereocenters. The van der Waals surface area contributed by atoms with Crippen LogP contribution in [0.25, 0.3) is 0 Å². The van der Waals surface area contributed by atoms with Crippen LogP contribution >= 0.6 is 35.3 Å². The van der Waals surface area contributed by atoms with E-state index >= 15 is 0 Å². The van der Waals surface area contributed by atoms with Crippen LogP contribution in [-0.4, -0.2) is 66.8 Å². The molecule has 0 aromatic carbocycles. The summed E-state index contributed by atoms with van der Waals surface area (Å²) in [5, 5.41) is 8.86. The van der Waals surface area contributed by atoms with E-state index in [2.05, 4.69) is 51.0 Å². The highest BCUT2D eigenvalue weighted by atomic mass is 127. The maximum absolute atomic E-state index is 12.8. The number of carbonyl (C=O) groups is 2. The molecule has 2 aliphatic heterocycles. The molecule has 1 aromatic rings. The lowest BCUT2D eigenvalue weighted by Gasteiger charge is -2.32. The molecule has 1 saturated heterocycles. The molecular weight excluding hydrogens is 537 g/mol. The summed E-state index contributed by atoms with van der Waals surface area (Å²) in [4.78, 5) is 35.4. The van der Waals surface area contributed by atoms with Crippen molar-refractivity contribution in [3.63, 3.8) is 0 Å². The van der Waals surface area contributed by atoms with Crippen molar-refractivity contribution >= 4 is 53.1 Å². The Kier molecular flexibility index (Phi) is 7.26. The monoisotopic (exact) mass is 569 g/mol. The fourth-order valence-corrected chi connectivity index (χ4v) is 6.60. The van der Waals surface area contributed by atoms with Crippen LogP contribution in [0, 0.1) is 23.7 Å². The lowest BCUT2D eigenvalue weighted by molar-refractivity contribution is -0.140. The first kappa shape index (κ1) is 23.7. The van der Waals surface area contributed by atoms with Gasteiger partial charge in [-0.3, -0.25) is 24.4 Å². The molecule has 1 saturated carbocycles. The molecule has 5 rings (SSSR count). The fourth-order valence-electron chi connectivity index (χ4n) is 5.71. The van der Waals surface area contributed by atoms with Gasteiger partial charge >= 0.3 is 0 Å². The van der Waals surface area contributed by atoms with Crippen LogP contribution in [0.2, 0.25) is 0 Å². The standard InChI is InChI=1S/C23H31N5O2S.HI/c1-14(27-8-5-18-17(13-27)6-10-31-18)12-26-23(24-2)25-7-9-28-21(29)19-15-3-4-16(11-15)20(19)22(28)30;/h3-4,6,10,14-16,19-20H,5,7-9,11-13H2,1-2H3,(H2,24,25,26);1H. The Balaban J connectivity index is 0.00000245. The Labute approximate surface area is 210 Å². The van der Waals surface area contributed by atoms with Gasteiger partial charge in [-0.25, -0.2) is 0 Å². The number of thiophene rings is 1. The van der Waals surface area contributed by atoms with E-state index in [4.69, 9.17) is 0 Å². The average Bonchev–Trinajstić information content (AvgIpc) is 3.55. The third kappa shape index (κ3) is 4.23. The zero-order valence-electron chi connectivity index (χ0n) is 18.6. The molecule has 2 fully saturated rings. The number of likely N-dealkylation sites (tertiary alicyclic amines) is 1. The molecule has 32 heavy (non-hydrogen) atoms. The highest BCUT2D eigenvalue weighted by Crippen LogP contribution is 2.52. The summed E-state index contributed by atoms with van der Waals surface area (Å²) in [6, 6.07) is 2.62. The fraction of sp³-hybridized carbons (Fsp3) is 0.609. The largest absolute Gasteiger partial charge is 0.355 e. The number of rotatable bonds is 6. The van der Waals surface area contributed by atoms with Gasteiger partial charge in [0.15, 0.2) is 5.96 Å². The second kappa shape index (κ2) is 9.80. The third-order valence-corrected chi connectivity index (χ3v) is 8.46. The van der Waals surface area contributed by atoms with Crippen molar-refractivity contribution in [3.05, 3.63) is 34.0 Å². The number of nitrogens with zero attached hydrogens (tertiary/aromatic N) is 3. The number of fused-ring (bicyclic) bond motifs is 6. The Morgan fingerprint density at radius 2 is 1.94 bits per heavy atom. The van der Waals surface area contributed by atoms with E-state index in [1.165, 1.54) is 15.3 Å². The normalized spacial score (nSPS) is 29.7. The van der Waals surface area contributed by atoms with Crippen molar-refractivity contribution in [2.45, 2.75) is 32.4 Å². The molecule has 174 valence electrons. The van der Waals surface area contributed by atoms with Gasteiger partial charge in [-0.15, -0.1) is 35.3 Å². The van der Waals surface area contributed by atoms with Gasteiger partial charge in [0.1, 0.15) is 0 Å². The maximum atomic E-state index is 12.8. The molecule has 0 radical (unpaired) electrons. The Morgan fingerprint density at radius 3 is 2.62 bits per heavy atom. The van der Waals surface area contributed by atoms with E-state index in [1.807, 2.05) is 11.3 Å². The Bertz CT molecular complexity index is 901. The topological polar surface area (TPSA) is 77.0 Å². The average molecular weight is 570 g/mol. The number of amides is 2. The molecule has 9 heteroatoms. The minimum Gasteiger partial charge on any atom is -0.355 e. The maximum Gasteiger partial charge on any atom is 0.233 e. The first-order valence-electron chi connectivity index (χ1n) is 11.3. The molecule has 2 N–H and O–H groups in total. The summed E-state index contributed by atoms with van der Waals surface area (Å²) in [6.07, 6.45) is 6.36. The van der Waals surface area contributed by atoms with E-state index in [9.17, 15) is 9.59 Å². The number of halogens is 1. The Morgan fingerprint density at radius 1 is 1.22 bits per heavy atom. The molecule has 5 atom stereocenters. The van der Waals surface area contributed by atoms with Crippen molar-refractivity contribution in [2.75, 3.05) is 33.2 Å². The summed E-state index contributed by atoms with van der Waals surface area (Å²) in [6.45, 7) is 6.02. The number of carbonyl (C=O) groups excluding carboxylic acids is 2. The van der Waals surface area contributed by atoms with Crippen molar-refractivity contribution in [3.8, 4) is 0 Å². The van der Waals surface area contributed by atoms with Crippen LogP contribution in [0.3, 0.4) is 0 Å². The number of imide groups is 1. The molecule has 2 aliphatic carbocycles. The number of nitrogens with one attached hydrogen (secondary N) is 2. The van der Waals surface area contributed by atoms with Crippen molar-refractivity contribution in [1.82, 2.24) is 20.4 Å². The van der Waals surface area contributed by atoms with Crippen LogP contribution in [0.15, 0.2) is 28.6 Å². The molecule has 7 nitrogen and oxygen atoms in total. The summed E-state index contributed by atoms with van der Waals surface area (Å²) < 4.78 is 0. The minimum absolute atomic E-state index is 0. The second-order valence-electron chi connectivity index (χ2n) is 9.15. The Hall–Kier alpha value is -1.46. The van der Waals surface area contributed by atoms with E-state index in [1.54, 1.807) is 7.05 Å². The first-order chi connectivity index (χ1) is 15.1. The lowest BCUT2D eigenvalue weighted by Crippen LogP contribution is -2.48. The van der Waals surface area contributed by atoms with Gasteiger partial charge in [-0.2, -0.15) is 0 Å². The SMILES string of the molecule is CN=C(NCCN1C(=O)C2C3C=CC(C3)C2C1=O)NCC(C)N1CCc2sccc2C1.I. The van der Waals surface area contributed by atoms with E-state index in [0.717, 1.165) is 32.5 Å². The summed E-state index contributed by atoms with van der Waals surface area (Å²) >= 11 is 1.86. The van der Waals surface area contributed by atoms with Gasteiger partial charge in [0, 0.05) is 50.7 Å². The van der Waals surface area contributed by atoms with Crippen LogP contribution in [-0.2, 0) is 22.6 Å². The number of guanidine groups is 1. The molecular formula is C23H32IN5O2S. The van der Waals surface area contributed by atoms with Crippen molar-refractivity contribution in [1.29, 1.82) is 0 Å². The molecule has 4 aliphatic rings. The molecule has 0 spiro atoms. The first-order valence-corrected chi connectivity index (χ1v) is 12.2. The molecule has 2 bridgehead atoms. The highest BCUT2D eigenvalue weighted by molar-refractivity contribution is 14.0. The van der Waals surface area contributed by atoms with Crippen LogP contribution < -0.4 is 10.6 Å². The zero-order chi connectivity index (χ0) is 21.5. The molecule has 3 heterocycles. The third-order valence-electron chi connectivity index (χ3n) is 7.44. The number of allylic oxidation sites excluding steroid dienone is 2. The minimum atomic E-state index is -0.117. The van der Waals surface area contributed by atoms with Crippen LogP contribution in [0.4, 0.5) is 0 Å². The second-order valence-corrected chi connectivity index (χ2v) is 10.1. The smallest absolute Gasteiger partial charge is 0.233 e. The van der Waals surface area contributed by atoms with Crippen LogP contribution in [0.5, 0.6) is 0 Å². The van der Waals surface area contributed by atoms with E-state index in [-0.39, 0.29) is 59.5 Å². The van der Waals surface area contributed by atoms with Gasteiger partial charge in [0.25, 0.3) is 0 Å². The predicted octanol–water partition coefficient (Wildman–Crippen LogP) is 2.08. The summed E-state index contributed by atoms with van der Waals surface area (Å²) in [5.41, 5.74) is 1.46. The van der Waals surface area contributed by atoms with Crippen LogP contribution in [0.1, 0.15) is 23.8 Å². The van der Waals surface area contributed by atoms with Gasteiger partial charge in [0.2, 0.25) is 11.8 Å². The zero-order valence-corrected chi connectivity index (χ0v) is 21.8. The lowest BCUT2D eigenvalue weighted by atomic mass is 9.85. The summed E-state index contributed by atoms with van der Waals surface area (Å²) in [7, 11) is 1.75. The number of hydrogen-bond donors (Lipinski definition) is 2. The molecule has 1 aromatic heterocycles. The van der Waals surface area contributed by atoms with Gasteiger partial charge < -0.3 is 10.6 Å². The number of aliphatic imine (C=N–C) groups is 1. The van der Waals surface area contributed by atoms with Crippen molar-refractivity contribution in [2.24, 2.45) is 28.7 Å². The predicted molar refractivity (Wildman–Crippen MR) is 137 cm³/mol.